The molecule has 0 saturated heterocycles. The molecule has 0 aliphatic carbocycles. The van der Waals surface area contributed by atoms with Crippen molar-refractivity contribution in [3.8, 4) is 0 Å². The van der Waals surface area contributed by atoms with Crippen LogP contribution in [-0.4, -0.2) is 18.8 Å². The van der Waals surface area contributed by atoms with Gasteiger partial charge in [0, 0.05) is 36.2 Å². The number of aryl methyl sites for hydroxylation is 2. The largest absolute Gasteiger partial charge is 0.323 e. The molecule has 0 aromatic carbocycles. The molecule has 2 N–H and O–H groups in total. The van der Waals surface area contributed by atoms with Gasteiger partial charge in [0.15, 0.2) is 0 Å². The Kier molecular flexibility index (Phi) is 3.42. The number of H-pyrrole nitrogens is 2. The van der Waals surface area contributed by atoms with Crippen molar-refractivity contribution >= 4 is 11.0 Å². The molecule has 4 rings (SSSR count). The fraction of sp³-hybridized carbons (Fsp3) is 0.125. The zero-order valence-electron chi connectivity index (χ0n) is 12.3. The Hall–Kier alpha value is -3.02. The first-order chi connectivity index (χ1) is 10.5. The van der Waals surface area contributed by atoms with E-state index in [1.807, 2.05) is 59.6 Å². The molecule has 0 radical (unpaired) electrons. The van der Waals surface area contributed by atoms with Gasteiger partial charge in [-0.1, -0.05) is 0 Å². The number of aromatic nitrogens is 4. The number of rotatable bonds is 0. The molecular formula is C16H16N4O2. The molecule has 0 aliphatic heterocycles. The Bertz CT molecular complexity index is 963. The summed E-state index contributed by atoms with van der Waals surface area (Å²) in [5, 5.41) is 0. The van der Waals surface area contributed by atoms with Gasteiger partial charge >= 0.3 is 0 Å². The first kappa shape index (κ1) is 13.9. The van der Waals surface area contributed by atoms with Gasteiger partial charge in [-0.25, -0.2) is 0 Å². The van der Waals surface area contributed by atoms with Crippen LogP contribution in [0.1, 0.15) is 11.4 Å². The first-order valence-electron chi connectivity index (χ1n) is 6.88. The molecule has 4 aromatic rings. The summed E-state index contributed by atoms with van der Waals surface area (Å²) < 4.78 is 3.63. The molecule has 112 valence electrons. The van der Waals surface area contributed by atoms with Crippen molar-refractivity contribution in [2.24, 2.45) is 0 Å². The van der Waals surface area contributed by atoms with Gasteiger partial charge in [-0.15, -0.1) is 0 Å². The van der Waals surface area contributed by atoms with Crippen molar-refractivity contribution in [2.75, 3.05) is 0 Å². The predicted molar refractivity (Wildman–Crippen MR) is 85.5 cm³/mol. The van der Waals surface area contributed by atoms with E-state index in [1.165, 1.54) is 0 Å². The summed E-state index contributed by atoms with van der Waals surface area (Å²) in [4.78, 5) is 27.8. The maximum absolute atomic E-state index is 11.2. The minimum Gasteiger partial charge on any atom is -0.323 e. The smallest absolute Gasteiger partial charge is 0.272 e. The van der Waals surface area contributed by atoms with Gasteiger partial charge in [-0.05, 0) is 38.1 Å². The molecule has 0 atom stereocenters. The molecule has 0 aliphatic rings. The average molecular weight is 296 g/mol. The molecule has 6 heteroatoms. The molecule has 0 spiro atoms. The van der Waals surface area contributed by atoms with E-state index < -0.39 is 0 Å². The van der Waals surface area contributed by atoms with Gasteiger partial charge in [0.2, 0.25) is 0 Å². The van der Waals surface area contributed by atoms with E-state index in [0.717, 1.165) is 11.4 Å². The average Bonchev–Trinajstić information content (AvgIpc) is 3.07. The summed E-state index contributed by atoms with van der Waals surface area (Å²) in [6.07, 6.45) is 7.49. The third kappa shape index (κ3) is 2.58. The van der Waals surface area contributed by atoms with Crippen molar-refractivity contribution in [1.82, 2.24) is 18.8 Å². The highest BCUT2D eigenvalue weighted by Crippen LogP contribution is 1.98. The van der Waals surface area contributed by atoms with Crippen molar-refractivity contribution in [3.05, 3.63) is 81.1 Å². The van der Waals surface area contributed by atoms with Gasteiger partial charge in [0.25, 0.3) is 11.1 Å². The maximum Gasteiger partial charge on any atom is 0.272 e. The highest BCUT2D eigenvalue weighted by atomic mass is 16.1. The van der Waals surface area contributed by atoms with Crippen molar-refractivity contribution in [1.29, 1.82) is 0 Å². The molecule has 4 aromatic heterocycles. The molecule has 0 amide bonds. The second kappa shape index (κ2) is 5.40. The lowest BCUT2D eigenvalue weighted by Crippen LogP contribution is -2.09. The predicted octanol–water partition coefficient (Wildman–Crippen LogP) is 1.87. The summed E-state index contributed by atoms with van der Waals surface area (Å²) in [5.41, 5.74) is 3.06. The van der Waals surface area contributed by atoms with Gasteiger partial charge < -0.3 is 18.8 Å². The summed E-state index contributed by atoms with van der Waals surface area (Å²) >= 11 is 0. The number of fused-ring (bicyclic) bond motifs is 2. The molecule has 0 unspecified atom stereocenters. The number of nitrogens with one attached hydrogen (secondary N) is 2. The number of aromatic amines is 2. The SMILES string of the molecule is Cc1cn2cccc2c(=O)[nH]1.Cc1cn2cccc2c(=O)[nH]1. The van der Waals surface area contributed by atoms with Crippen LogP contribution in [0, 0.1) is 13.8 Å². The fourth-order valence-electron chi connectivity index (χ4n) is 2.37. The molecule has 0 fully saturated rings. The zero-order valence-corrected chi connectivity index (χ0v) is 12.3. The minimum absolute atomic E-state index is 0.0324. The second-order valence-corrected chi connectivity index (χ2v) is 5.13. The van der Waals surface area contributed by atoms with Gasteiger partial charge in [0.1, 0.15) is 11.0 Å². The van der Waals surface area contributed by atoms with Crippen molar-refractivity contribution in [3.63, 3.8) is 0 Å². The summed E-state index contributed by atoms with van der Waals surface area (Å²) in [6.45, 7) is 3.72. The normalized spacial score (nSPS) is 10.6. The molecule has 22 heavy (non-hydrogen) atoms. The molecule has 4 heterocycles. The van der Waals surface area contributed by atoms with E-state index in [9.17, 15) is 9.59 Å². The third-order valence-corrected chi connectivity index (χ3v) is 3.31. The molecule has 6 nitrogen and oxygen atoms in total. The van der Waals surface area contributed by atoms with Crippen LogP contribution in [0.3, 0.4) is 0 Å². The second-order valence-electron chi connectivity index (χ2n) is 5.13. The van der Waals surface area contributed by atoms with E-state index in [-0.39, 0.29) is 11.1 Å². The van der Waals surface area contributed by atoms with Crippen molar-refractivity contribution < 1.29 is 0 Å². The first-order valence-corrected chi connectivity index (χ1v) is 6.88. The molecular weight excluding hydrogens is 280 g/mol. The number of hydrogen-bond acceptors (Lipinski definition) is 2. The van der Waals surface area contributed by atoms with Crippen LogP contribution in [0.2, 0.25) is 0 Å². The van der Waals surface area contributed by atoms with Crippen LogP contribution in [0.4, 0.5) is 0 Å². The topological polar surface area (TPSA) is 74.5 Å². The van der Waals surface area contributed by atoms with Crippen LogP contribution < -0.4 is 11.1 Å². The van der Waals surface area contributed by atoms with Crippen LogP contribution in [-0.2, 0) is 0 Å². The monoisotopic (exact) mass is 296 g/mol. The summed E-state index contributed by atoms with van der Waals surface area (Å²) in [7, 11) is 0. The minimum atomic E-state index is -0.0324. The third-order valence-electron chi connectivity index (χ3n) is 3.31. The lowest BCUT2D eigenvalue weighted by Gasteiger charge is -1.94. The lowest BCUT2D eigenvalue weighted by molar-refractivity contribution is 1.05. The molecule has 0 bridgehead atoms. The standard InChI is InChI=1S/2C8H8N2O/c2*1-6-5-10-4-2-3-7(10)8(11)9-6/h2*2-5H,1H3,(H,9,11). The van der Waals surface area contributed by atoms with E-state index >= 15 is 0 Å². The Morgan fingerprint density at radius 3 is 1.59 bits per heavy atom. The van der Waals surface area contributed by atoms with Crippen LogP contribution in [0.15, 0.2) is 58.6 Å². The summed E-state index contributed by atoms with van der Waals surface area (Å²) in [5.74, 6) is 0. The van der Waals surface area contributed by atoms with E-state index in [2.05, 4.69) is 9.97 Å². The number of nitrogens with zero attached hydrogens (tertiary/aromatic N) is 2. The van der Waals surface area contributed by atoms with Crippen LogP contribution >= 0.6 is 0 Å². The van der Waals surface area contributed by atoms with Crippen molar-refractivity contribution in [2.45, 2.75) is 13.8 Å². The zero-order chi connectivity index (χ0) is 15.7. The Morgan fingerprint density at radius 1 is 0.773 bits per heavy atom. The Balaban J connectivity index is 0.000000131. The van der Waals surface area contributed by atoms with E-state index in [4.69, 9.17) is 0 Å². The van der Waals surface area contributed by atoms with Gasteiger partial charge in [0.05, 0.1) is 0 Å². The fourth-order valence-corrected chi connectivity index (χ4v) is 2.37. The van der Waals surface area contributed by atoms with E-state index in [1.54, 1.807) is 12.1 Å². The number of hydrogen-bond donors (Lipinski definition) is 2. The molecule has 0 saturated carbocycles. The Morgan fingerprint density at radius 2 is 1.18 bits per heavy atom. The highest BCUT2D eigenvalue weighted by Gasteiger charge is 1.96. The van der Waals surface area contributed by atoms with E-state index in [0.29, 0.717) is 11.0 Å². The van der Waals surface area contributed by atoms with Crippen LogP contribution in [0.5, 0.6) is 0 Å². The van der Waals surface area contributed by atoms with Crippen LogP contribution in [0.25, 0.3) is 11.0 Å². The Labute approximate surface area is 125 Å². The quantitative estimate of drug-likeness (QED) is 0.520. The lowest BCUT2D eigenvalue weighted by atomic mass is 10.5. The van der Waals surface area contributed by atoms with Gasteiger partial charge in [-0.2, -0.15) is 0 Å². The highest BCUT2D eigenvalue weighted by molar-refractivity contribution is 5.45. The maximum atomic E-state index is 11.2. The summed E-state index contributed by atoms with van der Waals surface area (Å²) in [6, 6.07) is 7.28. The van der Waals surface area contributed by atoms with Gasteiger partial charge in [-0.3, -0.25) is 9.59 Å².